The number of aliphatic imine (C=N–C) groups is 1. The van der Waals surface area contributed by atoms with Gasteiger partial charge in [0, 0.05) is 12.6 Å². The van der Waals surface area contributed by atoms with E-state index < -0.39 is 0 Å². The quantitative estimate of drug-likeness (QED) is 0.419. The van der Waals surface area contributed by atoms with Gasteiger partial charge in [-0.25, -0.2) is 4.99 Å². The van der Waals surface area contributed by atoms with Crippen LogP contribution in [0.5, 0.6) is 0 Å². The lowest BCUT2D eigenvalue weighted by molar-refractivity contribution is 0.237. The molecule has 25 heavy (non-hydrogen) atoms. The molecule has 2 rings (SSSR count). The van der Waals surface area contributed by atoms with Gasteiger partial charge in [0.2, 0.25) is 0 Å². The van der Waals surface area contributed by atoms with Crippen molar-refractivity contribution in [1.29, 1.82) is 5.41 Å². The van der Waals surface area contributed by atoms with Crippen LogP contribution in [0.4, 0.5) is 5.69 Å². The molecule has 1 aliphatic carbocycles. The summed E-state index contributed by atoms with van der Waals surface area (Å²) in [4.78, 5) is 4.50. The average Bonchev–Trinajstić information content (AvgIpc) is 2.57. The largest absolute Gasteiger partial charge is 0.492 e. The van der Waals surface area contributed by atoms with Crippen LogP contribution in [0.1, 0.15) is 12.5 Å². The highest BCUT2D eigenvalue weighted by Gasteiger charge is 2.15. The fraction of sp³-hybridized carbons (Fsp3) is 0.333. The Kier molecular flexibility index (Phi) is 8.91. The second kappa shape index (κ2) is 10.7. The molecule has 0 fully saturated rings. The zero-order valence-electron chi connectivity index (χ0n) is 14.3. The van der Waals surface area contributed by atoms with E-state index in [2.05, 4.69) is 10.3 Å². The number of hydrogen-bond donors (Lipinski definition) is 4. The SMILES string of the molecule is CCOC1=CC(=Nc2ccc(CCNCCO)cc2)C(=N)C=C1N.Cl. The summed E-state index contributed by atoms with van der Waals surface area (Å²) >= 11 is 0. The van der Waals surface area contributed by atoms with Gasteiger partial charge < -0.3 is 20.9 Å². The maximum absolute atomic E-state index is 8.73. The molecule has 6 nitrogen and oxygen atoms in total. The molecule has 0 radical (unpaired) electrons. The summed E-state index contributed by atoms with van der Waals surface area (Å²) in [6.45, 7) is 3.99. The monoisotopic (exact) mass is 364 g/mol. The van der Waals surface area contributed by atoms with Gasteiger partial charge in [0.05, 0.1) is 36.0 Å². The minimum absolute atomic E-state index is 0. The van der Waals surface area contributed by atoms with Gasteiger partial charge >= 0.3 is 0 Å². The Morgan fingerprint density at radius 3 is 2.56 bits per heavy atom. The number of aliphatic hydroxyl groups is 1. The van der Waals surface area contributed by atoms with E-state index in [-0.39, 0.29) is 24.7 Å². The van der Waals surface area contributed by atoms with Crippen molar-refractivity contribution in [2.45, 2.75) is 13.3 Å². The molecular weight excluding hydrogens is 340 g/mol. The van der Waals surface area contributed by atoms with Crippen molar-refractivity contribution in [3.05, 3.63) is 53.4 Å². The zero-order valence-corrected chi connectivity index (χ0v) is 15.1. The Balaban J connectivity index is 0.00000312. The number of nitrogens with zero attached hydrogens (tertiary/aromatic N) is 1. The molecule has 0 saturated heterocycles. The van der Waals surface area contributed by atoms with E-state index in [1.807, 2.05) is 31.2 Å². The van der Waals surface area contributed by atoms with Crippen LogP contribution in [0.15, 0.2) is 52.9 Å². The molecule has 0 bridgehead atoms. The van der Waals surface area contributed by atoms with Crippen LogP contribution in [-0.2, 0) is 11.2 Å². The number of hydrogen-bond acceptors (Lipinski definition) is 6. The zero-order chi connectivity index (χ0) is 17.4. The van der Waals surface area contributed by atoms with Gasteiger partial charge in [-0.05, 0) is 43.7 Å². The summed E-state index contributed by atoms with van der Waals surface area (Å²) in [5, 5.41) is 19.9. The molecule has 0 atom stereocenters. The number of rotatable bonds is 8. The lowest BCUT2D eigenvalue weighted by atomic mass is 10.1. The first-order chi connectivity index (χ1) is 11.6. The summed E-state index contributed by atoms with van der Waals surface area (Å²) in [7, 11) is 0. The smallest absolute Gasteiger partial charge is 0.144 e. The Labute approximate surface area is 154 Å². The highest BCUT2D eigenvalue weighted by Crippen LogP contribution is 2.18. The number of allylic oxidation sites excluding steroid dienone is 2. The molecule has 0 heterocycles. The first kappa shape index (κ1) is 20.9. The Morgan fingerprint density at radius 1 is 1.20 bits per heavy atom. The Morgan fingerprint density at radius 2 is 1.92 bits per heavy atom. The molecule has 0 aliphatic heterocycles. The molecule has 0 spiro atoms. The van der Waals surface area contributed by atoms with Crippen molar-refractivity contribution < 1.29 is 9.84 Å². The van der Waals surface area contributed by atoms with Crippen LogP contribution < -0.4 is 11.1 Å². The van der Waals surface area contributed by atoms with E-state index in [4.69, 9.17) is 21.0 Å². The topological polar surface area (TPSA) is 104 Å². The minimum atomic E-state index is 0. The number of benzene rings is 1. The number of nitrogens with two attached hydrogens (primary N) is 1. The van der Waals surface area contributed by atoms with Crippen LogP contribution in [0.2, 0.25) is 0 Å². The van der Waals surface area contributed by atoms with Gasteiger partial charge in [0.15, 0.2) is 0 Å². The van der Waals surface area contributed by atoms with Crippen molar-refractivity contribution in [1.82, 2.24) is 5.32 Å². The summed E-state index contributed by atoms with van der Waals surface area (Å²) in [5.74, 6) is 0.554. The lowest BCUT2D eigenvalue weighted by Gasteiger charge is -2.14. The fourth-order valence-electron chi connectivity index (χ4n) is 2.27. The van der Waals surface area contributed by atoms with E-state index >= 15 is 0 Å². The van der Waals surface area contributed by atoms with Gasteiger partial charge in [0.25, 0.3) is 0 Å². The van der Waals surface area contributed by atoms with E-state index in [0.29, 0.717) is 30.3 Å². The highest BCUT2D eigenvalue weighted by molar-refractivity contribution is 6.50. The van der Waals surface area contributed by atoms with Crippen molar-refractivity contribution in [2.75, 3.05) is 26.3 Å². The predicted octanol–water partition coefficient (Wildman–Crippen LogP) is 2.10. The van der Waals surface area contributed by atoms with Gasteiger partial charge in [-0.3, -0.25) is 5.41 Å². The Bertz CT molecular complexity index is 666. The van der Waals surface area contributed by atoms with E-state index in [1.54, 1.807) is 12.2 Å². The highest BCUT2D eigenvalue weighted by atomic mass is 35.5. The second-order valence-electron chi connectivity index (χ2n) is 5.34. The standard InChI is InChI=1S/C18H24N4O2.ClH/c1-2-24-18-12-17(15(19)11-16(18)20)22-14-5-3-13(4-6-14)7-8-21-9-10-23;/h3-6,11-12,19,21,23H,2,7-10,20H2,1H3;1H. The minimum Gasteiger partial charge on any atom is -0.492 e. The predicted molar refractivity (Wildman–Crippen MR) is 104 cm³/mol. The molecule has 7 heteroatoms. The molecule has 0 amide bonds. The molecule has 136 valence electrons. The first-order valence-corrected chi connectivity index (χ1v) is 8.04. The van der Waals surface area contributed by atoms with Gasteiger partial charge in [-0.1, -0.05) is 12.1 Å². The van der Waals surface area contributed by atoms with E-state index in [9.17, 15) is 0 Å². The number of ether oxygens (including phenoxy) is 1. The molecule has 0 aromatic heterocycles. The summed E-state index contributed by atoms with van der Waals surface area (Å²) in [6.07, 6.45) is 4.15. The normalized spacial score (nSPS) is 15.4. The third-order valence-corrected chi connectivity index (χ3v) is 3.49. The third kappa shape index (κ3) is 6.34. The van der Waals surface area contributed by atoms with Crippen LogP contribution in [0.25, 0.3) is 0 Å². The summed E-state index contributed by atoms with van der Waals surface area (Å²) in [5.41, 5.74) is 9.08. The van der Waals surface area contributed by atoms with Crippen molar-refractivity contribution in [3.8, 4) is 0 Å². The summed E-state index contributed by atoms with van der Waals surface area (Å²) in [6, 6.07) is 7.89. The van der Waals surface area contributed by atoms with Crippen LogP contribution in [0, 0.1) is 5.41 Å². The number of nitrogens with one attached hydrogen (secondary N) is 2. The molecule has 0 saturated carbocycles. The summed E-state index contributed by atoms with van der Waals surface area (Å²) < 4.78 is 5.46. The average molecular weight is 365 g/mol. The van der Waals surface area contributed by atoms with Crippen LogP contribution in [0.3, 0.4) is 0 Å². The molecule has 1 aliphatic rings. The van der Waals surface area contributed by atoms with E-state index in [0.717, 1.165) is 18.7 Å². The van der Waals surface area contributed by atoms with E-state index in [1.165, 1.54) is 5.56 Å². The maximum atomic E-state index is 8.73. The van der Waals surface area contributed by atoms with Crippen LogP contribution in [-0.4, -0.2) is 42.8 Å². The van der Waals surface area contributed by atoms with Gasteiger partial charge in [-0.15, -0.1) is 12.4 Å². The maximum Gasteiger partial charge on any atom is 0.144 e. The van der Waals surface area contributed by atoms with Crippen molar-refractivity contribution in [2.24, 2.45) is 10.7 Å². The molecule has 0 unspecified atom stereocenters. The second-order valence-corrected chi connectivity index (χ2v) is 5.34. The number of halogens is 1. The number of aliphatic hydroxyl groups excluding tert-OH is 1. The first-order valence-electron chi connectivity index (χ1n) is 8.04. The Hall–Kier alpha value is -2.15. The lowest BCUT2D eigenvalue weighted by Crippen LogP contribution is -2.20. The van der Waals surface area contributed by atoms with Crippen molar-refractivity contribution >= 4 is 29.5 Å². The third-order valence-electron chi connectivity index (χ3n) is 3.49. The molecular formula is C18H25ClN4O2. The molecule has 5 N–H and O–H groups in total. The molecule has 1 aromatic rings. The van der Waals surface area contributed by atoms with Gasteiger partial charge in [0.1, 0.15) is 5.76 Å². The van der Waals surface area contributed by atoms with Gasteiger partial charge in [-0.2, -0.15) is 0 Å². The molecule has 1 aromatic carbocycles. The van der Waals surface area contributed by atoms with Crippen molar-refractivity contribution in [3.63, 3.8) is 0 Å². The van der Waals surface area contributed by atoms with Crippen LogP contribution >= 0.6 is 12.4 Å². The fourth-order valence-corrected chi connectivity index (χ4v) is 2.27.